The molecule has 7 nitrogen and oxygen atoms in total. The summed E-state index contributed by atoms with van der Waals surface area (Å²) in [7, 11) is 0. The lowest BCUT2D eigenvalue weighted by molar-refractivity contribution is -0.153. The Morgan fingerprint density at radius 2 is 1.67 bits per heavy atom. The third kappa shape index (κ3) is 3.46. The zero-order valence-corrected chi connectivity index (χ0v) is 12.4. The molecule has 2 N–H and O–H groups in total. The minimum Gasteiger partial charge on any atom is -0.481 e. The molecule has 2 aliphatic rings. The van der Waals surface area contributed by atoms with Crippen LogP contribution in [0.4, 0.5) is 4.79 Å². The first-order chi connectivity index (χ1) is 9.94. The molecule has 21 heavy (non-hydrogen) atoms. The van der Waals surface area contributed by atoms with Crippen LogP contribution in [0.1, 0.15) is 32.6 Å². The Morgan fingerprint density at radius 3 is 2.19 bits per heavy atom. The molecule has 0 bridgehead atoms. The van der Waals surface area contributed by atoms with Gasteiger partial charge in [-0.15, -0.1) is 0 Å². The highest BCUT2D eigenvalue weighted by molar-refractivity contribution is 5.79. The first-order valence-corrected chi connectivity index (χ1v) is 7.46. The Bertz CT molecular complexity index is 434. The molecule has 118 valence electrons. The number of nitrogens with zero attached hydrogens (tertiary/aromatic N) is 2. The monoisotopic (exact) mass is 297 g/mol. The molecule has 0 aromatic rings. The lowest BCUT2D eigenvalue weighted by Crippen LogP contribution is -2.51. The summed E-state index contributed by atoms with van der Waals surface area (Å²) >= 11 is 0. The van der Waals surface area contributed by atoms with E-state index in [9.17, 15) is 19.5 Å². The number of hydrogen-bond donors (Lipinski definition) is 2. The fourth-order valence-corrected chi connectivity index (χ4v) is 2.86. The Morgan fingerprint density at radius 1 is 1.05 bits per heavy atom. The van der Waals surface area contributed by atoms with Crippen LogP contribution in [0.5, 0.6) is 0 Å². The fourth-order valence-electron chi connectivity index (χ4n) is 2.86. The molecule has 1 aliphatic heterocycles. The third-order valence-electron chi connectivity index (χ3n) is 4.57. The van der Waals surface area contributed by atoms with Crippen molar-refractivity contribution in [3.63, 3.8) is 0 Å². The topological polar surface area (TPSA) is 90.0 Å². The highest BCUT2D eigenvalue weighted by atomic mass is 16.4. The van der Waals surface area contributed by atoms with Gasteiger partial charge in [-0.3, -0.25) is 9.59 Å². The van der Waals surface area contributed by atoms with Crippen molar-refractivity contribution >= 4 is 17.9 Å². The standard InChI is InChI=1S/C14H23N3O4/c1-11(18)16-6-3-7-17(9-8-16)13(21)15-10-14(12(19)20)4-2-5-14/h2-10H2,1H3,(H,15,21)(H,19,20). The molecule has 0 radical (unpaired) electrons. The van der Waals surface area contributed by atoms with E-state index in [1.54, 1.807) is 9.80 Å². The molecular formula is C14H23N3O4. The van der Waals surface area contributed by atoms with E-state index in [0.29, 0.717) is 39.0 Å². The minimum absolute atomic E-state index is 0.0246. The van der Waals surface area contributed by atoms with Crippen molar-refractivity contribution in [1.82, 2.24) is 15.1 Å². The average Bonchev–Trinajstić information content (AvgIpc) is 2.62. The first kappa shape index (κ1) is 15.6. The van der Waals surface area contributed by atoms with Crippen LogP contribution in [0.25, 0.3) is 0 Å². The Hall–Kier alpha value is -1.79. The van der Waals surface area contributed by atoms with Gasteiger partial charge < -0.3 is 20.2 Å². The van der Waals surface area contributed by atoms with Gasteiger partial charge in [0, 0.05) is 39.6 Å². The number of nitrogens with one attached hydrogen (secondary N) is 1. The number of carboxylic acid groups (broad SMARTS) is 1. The van der Waals surface area contributed by atoms with E-state index >= 15 is 0 Å². The Labute approximate surface area is 124 Å². The van der Waals surface area contributed by atoms with E-state index in [1.807, 2.05) is 0 Å². The van der Waals surface area contributed by atoms with Crippen LogP contribution in [-0.2, 0) is 9.59 Å². The van der Waals surface area contributed by atoms with Crippen molar-refractivity contribution in [2.75, 3.05) is 32.7 Å². The van der Waals surface area contributed by atoms with Crippen LogP contribution < -0.4 is 5.32 Å². The van der Waals surface area contributed by atoms with Gasteiger partial charge in [-0.25, -0.2) is 4.79 Å². The van der Waals surface area contributed by atoms with E-state index < -0.39 is 11.4 Å². The van der Waals surface area contributed by atoms with E-state index in [2.05, 4.69) is 5.32 Å². The molecule has 1 aliphatic carbocycles. The maximum Gasteiger partial charge on any atom is 0.317 e. The van der Waals surface area contributed by atoms with Crippen LogP contribution in [0, 0.1) is 5.41 Å². The Balaban J connectivity index is 1.83. The molecule has 2 rings (SSSR count). The van der Waals surface area contributed by atoms with Crippen LogP contribution in [0.3, 0.4) is 0 Å². The van der Waals surface area contributed by atoms with Gasteiger partial charge in [-0.05, 0) is 19.3 Å². The summed E-state index contributed by atoms with van der Waals surface area (Å²) in [6.07, 6.45) is 2.90. The normalized spacial score (nSPS) is 21.2. The molecule has 0 aromatic heterocycles. The smallest absolute Gasteiger partial charge is 0.317 e. The van der Waals surface area contributed by atoms with E-state index in [-0.39, 0.29) is 18.5 Å². The predicted octanol–water partition coefficient (Wildman–Crippen LogP) is 0.505. The van der Waals surface area contributed by atoms with Crippen molar-refractivity contribution in [3.8, 4) is 0 Å². The Kier molecular flexibility index (Phi) is 4.69. The van der Waals surface area contributed by atoms with Gasteiger partial charge in [-0.1, -0.05) is 6.42 Å². The van der Waals surface area contributed by atoms with Crippen LogP contribution in [0.15, 0.2) is 0 Å². The number of carbonyl (C=O) groups is 3. The van der Waals surface area contributed by atoms with Gasteiger partial charge in [0.25, 0.3) is 0 Å². The molecule has 1 heterocycles. The molecular weight excluding hydrogens is 274 g/mol. The molecule has 1 saturated heterocycles. The second-order valence-corrected chi connectivity index (χ2v) is 5.94. The van der Waals surface area contributed by atoms with Gasteiger partial charge in [0.2, 0.25) is 5.91 Å². The number of rotatable bonds is 3. The third-order valence-corrected chi connectivity index (χ3v) is 4.57. The number of hydrogen-bond acceptors (Lipinski definition) is 3. The second-order valence-electron chi connectivity index (χ2n) is 5.94. The highest BCUT2D eigenvalue weighted by Crippen LogP contribution is 2.40. The first-order valence-electron chi connectivity index (χ1n) is 7.46. The quantitative estimate of drug-likeness (QED) is 0.794. The van der Waals surface area contributed by atoms with Crippen LogP contribution in [0.2, 0.25) is 0 Å². The molecule has 0 atom stereocenters. The van der Waals surface area contributed by atoms with E-state index in [0.717, 1.165) is 12.8 Å². The minimum atomic E-state index is -0.826. The van der Waals surface area contributed by atoms with Crippen LogP contribution >= 0.6 is 0 Å². The fraction of sp³-hybridized carbons (Fsp3) is 0.786. The maximum absolute atomic E-state index is 12.2. The molecule has 7 heteroatoms. The number of carbonyl (C=O) groups excluding carboxylic acids is 2. The van der Waals surface area contributed by atoms with Crippen molar-refractivity contribution in [1.29, 1.82) is 0 Å². The zero-order valence-electron chi connectivity index (χ0n) is 12.4. The number of carboxylic acids is 1. The van der Waals surface area contributed by atoms with Crippen molar-refractivity contribution in [3.05, 3.63) is 0 Å². The van der Waals surface area contributed by atoms with Crippen molar-refractivity contribution in [2.24, 2.45) is 5.41 Å². The summed E-state index contributed by atoms with van der Waals surface area (Å²) in [5.74, 6) is -0.802. The van der Waals surface area contributed by atoms with Crippen molar-refractivity contribution < 1.29 is 19.5 Å². The SMILES string of the molecule is CC(=O)N1CCCN(C(=O)NCC2(C(=O)O)CCC2)CC1. The number of amides is 3. The summed E-state index contributed by atoms with van der Waals surface area (Å²) in [5, 5.41) is 12.0. The second kappa shape index (κ2) is 6.32. The molecule has 0 unspecified atom stereocenters. The molecule has 1 saturated carbocycles. The summed E-state index contributed by atoms with van der Waals surface area (Å²) in [6.45, 7) is 4.00. The summed E-state index contributed by atoms with van der Waals surface area (Å²) in [5.41, 5.74) is -0.771. The summed E-state index contributed by atoms with van der Waals surface area (Å²) in [4.78, 5) is 38.2. The summed E-state index contributed by atoms with van der Waals surface area (Å²) < 4.78 is 0. The van der Waals surface area contributed by atoms with Gasteiger partial charge >= 0.3 is 12.0 Å². The van der Waals surface area contributed by atoms with Crippen molar-refractivity contribution in [2.45, 2.75) is 32.6 Å². The lowest BCUT2D eigenvalue weighted by Gasteiger charge is -2.38. The largest absolute Gasteiger partial charge is 0.481 e. The lowest BCUT2D eigenvalue weighted by atomic mass is 9.69. The van der Waals surface area contributed by atoms with Crippen LogP contribution in [-0.4, -0.2) is 65.5 Å². The zero-order chi connectivity index (χ0) is 15.5. The molecule has 3 amide bonds. The average molecular weight is 297 g/mol. The maximum atomic E-state index is 12.2. The molecule has 2 fully saturated rings. The van der Waals surface area contributed by atoms with Gasteiger partial charge in [0.15, 0.2) is 0 Å². The predicted molar refractivity (Wildman–Crippen MR) is 75.8 cm³/mol. The van der Waals surface area contributed by atoms with E-state index in [1.165, 1.54) is 6.92 Å². The van der Waals surface area contributed by atoms with Gasteiger partial charge in [0.05, 0.1) is 5.41 Å². The van der Waals surface area contributed by atoms with Gasteiger partial charge in [-0.2, -0.15) is 0 Å². The number of aliphatic carboxylic acids is 1. The molecule has 0 aromatic carbocycles. The number of urea groups is 1. The summed E-state index contributed by atoms with van der Waals surface area (Å²) in [6, 6.07) is -0.229. The highest BCUT2D eigenvalue weighted by Gasteiger charge is 2.44. The van der Waals surface area contributed by atoms with Gasteiger partial charge in [0.1, 0.15) is 0 Å². The van der Waals surface area contributed by atoms with E-state index in [4.69, 9.17) is 0 Å². The molecule has 0 spiro atoms.